The molecule has 0 atom stereocenters. The molecule has 0 aliphatic heterocycles. The Morgan fingerprint density at radius 1 is 0.842 bits per heavy atom. The largest absolute Gasteiger partial charge is 0.462 e. The van der Waals surface area contributed by atoms with E-state index in [9.17, 15) is 4.79 Å². The molecule has 0 unspecified atom stereocenters. The zero-order valence-electron chi connectivity index (χ0n) is 13.7. The highest BCUT2D eigenvalue weighted by atomic mass is 16.5. The van der Waals surface area contributed by atoms with Crippen molar-refractivity contribution in [1.29, 1.82) is 0 Å². The molecule has 0 heterocycles. The third kappa shape index (κ3) is 9.98. The van der Waals surface area contributed by atoms with Crippen LogP contribution in [0, 0.1) is 11.8 Å². The van der Waals surface area contributed by atoms with Gasteiger partial charge in [-0.2, -0.15) is 0 Å². The highest BCUT2D eigenvalue weighted by Gasteiger charge is 2.21. The number of ether oxygens (including phenoxy) is 1. The summed E-state index contributed by atoms with van der Waals surface area (Å²) >= 11 is 0. The maximum Gasteiger partial charge on any atom is 0.306 e. The van der Waals surface area contributed by atoms with Crippen LogP contribution in [0.25, 0.3) is 0 Å². The van der Waals surface area contributed by atoms with Crippen molar-refractivity contribution in [2.45, 2.75) is 92.1 Å². The summed E-state index contributed by atoms with van der Waals surface area (Å²) in [5.74, 6) is 0.789. The van der Waals surface area contributed by atoms with Crippen molar-refractivity contribution in [1.82, 2.24) is 0 Å². The lowest BCUT2D eigenvalue weighted by Gasteiger charge is -2.24. The molecule has 0 aromatic heterocycles. The Bertz CT molecular complexity index is 213. The van der Waals surface area contributed by atoms with Crippen LogP contribution >= 0.6 is 0 Å². The summed E-state index contributed by atoms with van der Waals surface area (Å²) in [6.45, 7) is 10.7. The fraction of sp³-hybridized carbons (Fsp3) is 0.941. The van der Waals surface area contributed by atoms with E-state index in [1.165, 1.54) is 32.1 Å². The van der Waals surface area contributed by atoms with Gasteiger partial charge in [0.1, 0.15) is 6.10 Å². The Morgan fingerprint density at radius 2 is 1.32 bits per heavy atom. The normalized spacial score (nSPS) is 11.6. The number of esters is 1. The van der Waals surface area contributed by atoms with Crippen LogP contribution in [0.15, 0.2) is 0 Å². The summed E-state index contributed by atoms with van der Waals surface area (Å²) in [7, 11) is 0. The maximum absolute atomic E-state index is 11.8. The molecule has 19 heavy (non-hydrogen) atoms. The third-order valence-corrected chi connectivity index (χ3v) is 3.57. The van der Waals surface area contributed by atoms with E-state index in [-0.39, 0.29) is 12.1 Å². The first kappa shape index (κ1) is 18.5. The molecule has 0 saturated heterocycles. The monoisotopic (exact) mass is 270 g/mol. The Hall–Kier alpha value is -0.530. The molecule has 0 amide bonds. The number of hydrogen-bond donors (Lipinski definition) is 0. The van der Waals surface area contributed by atoms with Gasteiger partial charge in [0.2, 0.25) is 0 Å². The predicted octanol–water partition coefficient (Wildman–Crippen LogP) is 5.35. The van der Waals surface area contributed by atoms with Gasteiger partial charge < -0.3 is 4.74 Å². The lowest BCUT2D eigenvalue weighted by molar-refractivity contribution is -0.154. The van der Waals surface area contributed by atoms with E-state index in [0.29, 0.717) is 18.3 Å². The van der Waals surface area contributed by atoms with Crippen molar-refractivity contribution in [3.63, 3.8) is 0 Å². The second kappa shape index (κ2) is 11.3. The van der Waals surface area contributed by atoms with Gasteiger partial charge in [0.15, 0.2) is 0 Å². The topological polar surface area (TPSA) is 26.3 Å². The molecule has 0 rings (SSSR count). The SMILES string of the molecule is CCCCCCCCCC(=O)OC(C(C)C)C(C)C. The van der Waals surface area contributed by atoms with Crippen LogP contribution < -0.4 is 0 Å². The van der Waals surface area contributed by atoms with Crippen molar-refractivity contribution in [3.05, 3.63) is 0 Å². The summed E-state index contributed by atoms with van der Waals surface area (Å²) in [6.07, 6.45) is 9.32. The van der Waals surface area contributed by atoms with Gasteiger partial charge in [0.05, 0.1) is 0 Å². The average molecular weight is 270 g/mol. The van der Waals surface area contributed by atoms with Gasteiger partial charge in [-0.15, -0.1) is 0 Å². The zero-order valence-corrected chi connectivity index (χ0v) is 13.7. The first-order valence-electron chi connectivity index (χ1n) is 8.18. The van der Waals surface area contributed by atoms with E-state index in [4.69, 9.17) is 4.74 Å². The van der Waals surface area contributed by atoms with Gasteiger partial charge in [-0.05, 0) is 18.3 Å². The molecule has 2 heteroatoms. The molecular weight excluding hydrogens is 236 g/mol. The van der Waals surface area contributed by atoms with Crippen LogP contribution in [0.5, 0.6) is 0 Å². The minimum atomic E-state index is -0.0130. The first-order chi connectivity index (χ1) is 8.99. The zero-order chi connectivity index (χ0) is 14.7. The fourth-order valence-corrected chi connectivity index (χ4v) is 2.48. The third-order valence-electron chi connectivity index (χ3n) is 3.57. The number of carbonyl (C=O) groups is 1. The van der Waals surface area contributed by atoms with Crippen molar-refractivity contribution in [2.24, 2.45) is 11.8 Å². The van der Waals surface area contributed by atoms with Crippen LogP contribution in [-0.4, -0.2) is 12.1 Å². The van der Waals surface area contributed by atoms with Gasteiger partial charge in [0.25, 0.3) is 0 Å². The van der Waals surface area contributed by atoms with Crippen molar-refractivity contribution >= 4 is 5.97 Å². The van der Waals surface area contributed by atoms with Crippen molar-refractivity contribution in [2.75, 3.05) is 0 Å². The van der Waals surface area contributed by atoms with E-state index >= 15 is 0 Å². The van der Waals surface area contributed by atoms with E-state index in [1.54, 1.807) is 0 Å². The summed E-state index contributed by atoms with van der Waals surface area (Å²) in [5.41, 5.74) is 0. The smallest absolute Gasteiger partial charge is 0.306 e. The summed E-state index contributed by atoms with van der Waals surface area (Å²) in [5, 5.41) is 0. The van der Waals surface area contributed by atoms with Crippen LogP contribution in [0.1, 0.15) is 86.0 Å². The van der Waals surface area contributed by atoms with Crippen molar-refractivity contribution in [3.8, 4) is 0 Å². The standard InChI is InChI=1S/C17H34O2/c1-6-7-8-9-10-11-12-13-16(18)19-17(14(2)3)15(4)5/h14-15,17H,6-13H2,1-5H3. The Labute approximate surface area is 120 Å². The summed E-state index contributed by atoms with van der Waals surface area (Å²) in [6, 6.07) is 0. The molecule has 2 nitrogen and oxygen atoms in total. The van der Waals surface area contributed by atoms with E-state index in [2.05, 4.69) is 34.6 Å². The molecule has 114 valence electrons. The highest BCUT2D eigenvalue weighted by molar-refractivity contribution is 5.69. The Kier molecular flexibility index (Phi) is 11.0. The van der Waals surface area contributed by atoms with Gasteiger partial charge in [-0.3, -0.25) is 4.79 Å². The van der Waals surface area contributed by atoms with Gasteiger partial charge >= 0.3 is 5.97 Å². The molecular formula is C17H34O2. The molecule has 0 aliphatic rings. The molecule has 0 aliphatic carbocycles. The number of unbranched alkanes of at least 4 members (excludes halogenated alkanes) is 6. The maximum atomic E-state index is 11.8. The minimum Gasteiger partial charge on any atom is -0.462 e. The molecule has 0 aromatic rings. The minimum absolute atomic E-state index is 0.0130. The predicted molar refractivity (Wildman–Crippen MR) is 82.2 cm³/mol. The molecule has 0 aromatic carbocycles. The van der Waals surface area contributed by atoms with Gasteiger partial charge in [-0.1, -0.05) is 73.1 Å². The van der Waals surface area contributed by atoms with Crippen LogP contribution in [0.4, 0.5) is 0 Å². The quantitative estimate of drug-likeness (QED) is 0.373. The molecule has 0 N–H and O–H groups in total. The molecule has 0 fully saturated rings. The van der Waals surface area contributed by atoms with Crippen LogP contribution in [-0.2, 0) is 9.53 Å². The van der Waals surface area contributed by atoms with Crippen LogP contribution in [0.3, 0.4) is 0 Å². The number of hydrogen-bond acceptors (Lipinski definition) is 2. The Morgan fingerprint density at radius 3 is 1.79 bits per heavy atom. The molecule has 0 radical (unpaired) electrons. The molecule has 0 spiro atoms. The lowest BCUT2D eigenvalue weighted by Crippen LogP contribution is -2.28. The highest BCUT2D eigenvalue weighted by Crippen LogP contribution is 2.17. The number of rotatable bonds is 11. The molecule has 0 bridgehead atoms. The van der Waals surface area contributed by atoms with Crippen molar-refractivity contribution < 1.29 is 9.53 Å². The van der Waals surface area contributed by atoms with Crippen LogP contribution in [0.2, 0.25) is 0 Å². The summed E-state index contributed by atoms with van der Waals surface area (Å²) in [4.78, 5) is 11.8. The fourth-order valence-electron chi connectivity index (χ4n) is 2.48. The number of carbonyl (C=O) groups excluding carboxylic acids is 1. The van der Waals surface area contributed by atoms with E-state index in [0.717, 1.165) is 12.8 Å². The lowest BCUT2D eigenvalue weighted by atomic mass is 9.96. The van der Waals surface area contributed by atoms with Gasteiger partial charge in [0, 0.05) is 6.42 Å². The second-order valence-electron chi connectivity index (χ2n) is 6.31. The van der Waals surface area contributed by atoms with E-state index in [1.807, 2.05) is 0 Å². The first-order valence-corrected chi connectivity index (χ1v) is 8.18. The molecule has 0 saturated carbocycles. The summed E-state index contributed by atoms with van der Waals surface area (Å²) < 4.78 is 5.58. The second-order valence-corrected chi connectivity index (χ2v) is 6.31. The Balaban J connectivity index is 3.63. The average Bonchev–Trinajstić information content (AvgIpc) is 2.34. The van der Waals surface area contributed by atoms with Gasteiger partial charge in [-0.25, -0.2) is 0 Å². The van der Waals surface area contributed by atoms with E-state index < -0.39 is 0 Å².